The van der Waals surface area contributed by atoms with Gasteiger partial charge in [0.25, 0.3) is 0 Å². The maximum absolute atomic E-state index is 13.7. The summed E-state index contributed by atoms with van der Waals surface area (Å²) < 4.78 is 5.63. The number of rotatable bonds is 4. The van der Waals surface area contributed by atoms with E-state index in [2.05, 4.69) is 5.32 Å². The highest BCUT2D eigenvalue weighted by molar-refractivity contribution is 6.30. The highest BCUT2D eigenvalue weighted by Crippen LogP contribution is 2.78. The van der Waals surface area contributed by atoms with E-state index in [0.717, 1.165) is 37.7 Å². The lowest BCUT2D eigenvalue weighted by Crippen LogP contribution is -2.49. The smallest absolute Gasteiger partial charge is 0.328 e. The normalized spacial score (nSPS) is 29.4. The summed E-state index contributed by atoms with van der Waals surface area (Å²) in [5.41, 5.74) is -1.64. The van der Waals surface area contributed by atoms with Gasteiger partial charge in [0, 0.05) is 28.1 Å². The predicted molar refractivity (Wildman–Crippen MR) is 116 cm³/mol. The zero-order valence-corrected chi connectivity index (χ0v) is 18.1. The van der Waals surface area contributed by atoms with Crippen molar-refractivity contribution in [2.75, 3.05) is 0 Å². The number of halogens is 1. The zero-order valence-electron chi connectivity index (χ0n) is 17.3. The Morgan fingerprint density at radius 1 is 1.03 bits per heavy atom. The second kappa shape index (κ2) is 7.20. The molecular weight excluding hydrogens is 414 g/mol. The van der Waals surface area contributed by atoms with Crippen LogP contribution < -0.4 is 10.1 Å². The van der Waals surface area contributed by atoms with Crippen LogP contribution in [0.25, 0.3) is 0 Å². The number of para-hydroxylation sites is 1. The minimum absolute atomic E-state index is 0.0247. The molecule has 0 saturated heterocycles. The van der Waals surface area contributed by atoms with Crippen LogP contribution in [0, 0.1) is 10.8 Å². The summed E-state index contributed by atoms with van der Waals surface area (Å²) in [6.07, 6.45) is 5.04. The second-order valence-corrected chi connectivity index (χ2v) is 9.45. The van der Waals surface area contributed by atoms with Crippen molar-refractivity contribution in [2.45, 2.75) is 51.0 Å². The van der Waals surface area contributed by atoms with Gasteiger partial charge in [0.2, 0.25) is 5.91 Å². The average Bonchev–Trinajstić information content (AvgIpc) is 3.38. The van der Waals surface area contributed by atoms with Crippen molar-refractivity contribution in [3.8, 4) is 5.75 Å². The summed E-state index contributed by atoms with van der Waals surface area (Å²) in [6, 6.07) is 13.8. The van der Waals surface area contributed by atoms with Crippen LogP contribution in [0.4, 0.5) is 0 Å². The Labute approximate surface area is 186 Å². The van der Waals surface area contributed by atoms with Crippen LogP contribution in [-0.2, 0) is 9.59 Å². The lowest BCUT2D eigenvalue weighted by atomic mass is 9.85. The third-order valence-electron chi connectivity index (χ3n) is 7.38. The molecule has 0 radical (unpaired) electrons. The molecule has 2 fully saturated rings. The van der Waals surface area contributed by atoms with Crippen LogP contribution >= 0.6 is 11.6 Å². The molecule has 2 aromatic carbocycles. The van der Waals surface area contributed by atoms with E-state index in [1.54, 1.807) is 43.3 Å². The molecule has 0 bridgehead atoms. The Balaban J connectivity index is 1.59. The van der Waals surface area contributed by atoms with Crippen molar-refractivity contribution in [1.82, 2.24) is 5.32 Å². The van der Waals surface area contributed by atoms with Gasteiger partial charge in [-0.25, -0.2) is 0 Å². The number of ether oxygens (including phenoxy) is 1. The van der Waals surface area contributed by atoms with E-state index < -0.39 is 28.6 Å². The van der Waals surface area contributed by atoms with E-state index in [-0.39, 0.29) is 11.8 Å². The van der Waals surface area contributed by atoms with Crippen molar-refractivity contribution in [2.24, 2.45) is 10.8 Å². The van der Waals surface area contributed by atoms with E-state index in [1.165, 1.54) is 0 Å². The number of fused-ring (bicyclic) bond motifs is 3. The molecule has 1 N–H and O–H groups in total. The fourth-order valence-electron chi connectivity index (χ4n) is 5.70. The lowest BCUT2D eigenvalue weighted by molar-refractivity contribution is -0.149. The predicted octanol–water partition coefficient (Wildman–Crippen LogP) is 4.68. The van der Waals surface area contributed by atoms with Gasteiger partial charge >= 0.3 is 5.97 Å². The number of benzene rings is 2. The standard InChI is InChI=1S/C25H24ClNO4/c1-24(21(28)15-11-13-16(26)14-12-15)20-18-9-5-6-10-19(18)31-23(30)25(20,24)22(29)27-17-7-3-2-4-8-17/h5-6,9-14,17,20H,2-4,7-8H2,1H3,(H,27,29)/t20-,24-,25+/m0/s1. The molecular formula is C25H24ClNO4. The van der Waals surface area contributed by atoms with Crippen molar-refractivity contribution >= 4 is 29.3 Å². The van der Waals surface area contributed by atoms with Crippen LogP contribution in [0.15, 0.2) is 48.5 Å². The molecule has 0 unspecified atom stereocenters. The van der Waals surface area contributed by atoms with Gasteiger partial charge < -0.3 is 10.1 Å². The second-order valence-electron chi connectivity index (χ2n) is 9.02. The Kier molecular flexibility index (Phi) is 4.70. The van der Waals surface area contributed by atoms with Gasteiger partial charge in [-0.15, -0.1) is 0 Å². The average molecular weight is 438 g/mol. The fraction of sp³-hybridized carbons (Fsp3) is 0.400. The van der Waals surface area contributed by atoms with Crippen molar-refractivity contribution in [1.29, 1.82) is 0 Å². The molecule has 2 aliphatic carbocycles. The van der Waals surface area contributed by atoms with E-state index in [9.17, 15) is 14.4 Å². The Morgan fingerprint density at radius 2 is 1.71 bits per heavy atom. The fourth-order valence-corrected chi connectivity index (χ4v) is 5.83. The number of nitrogens with one attached hydrogen (secondary N) is 1. The first kappa shape index (κ1) is 20.3. The molecule has 2 saturated carbocycles. The molecule has 1 aliphatic heterocycles. The molecule has 3 atom stereocenters. The van der Waals surface area contributed by atoms with E-state index in [1.807, 2.05) is 12.1 Å². The van der Waals surface area contributed by atoms with Crippen molar-refractivity contribution in [3.63, 3.8) is 0 Å². The largest absolute Gasteiger partial charge is 0.425 e. The molecule has 5 nitrogen and oxygen atoms in total. The van der Waals surface area contributed by atoms with Crippen LogP contribution in [0.2, 0.25) is 5.02 Å². The summed E-state index contributed by atoms with van der Waals surface area (Å²) in [7, 11) is 0. The number of carbonyl (C=O) groups is 3. The van der Waals surface area contributed by atoms with Gasteiger partial charge in [-0.3, -0.25) is 14.4 Å². The van der Waals surface area contributed by atoms with Crippen molar-refractivity contribution < 1.29 is 19.1 Å². The maximum atomic E-state index is 13.7. The molecule has 1 heterocycles. The van der Waals surface area contributed by atoms with Crippen LogP contribution in [0.3, 0.4) is 0 Å². The summed E-state index contributed by atoms with van der Waals surface area (Å²) in [5.74, 6) is -1.43. The Bertz CT molecular complexity index is 1080. The number of hydrogen-bond acceptors (Lipinski definition) is 4. The minimum atomic E-state index is -1.56. The summed E-state index contributed by atoms with van der Waals surface area (Å²) in [5, 5.41) is 3.61. The quantitative estimate of drug-likeness (QED) is 0.326. The number of carbonyl (C=O) groups excluding carboxylic acids is 3. The number of hydrogen-bond donors (Lipinski definition) is 1. The SMILES string of the molecule is C[C@@]1(C(=O)c2ccc(Cl)cc2)[C@@H]2c3ccccc3OC(=O)[C@]21C(=O)NC1CCCCC1. The highest BCUT2D eigenvalue weighted by Gasteiger charge is 2.88. The first-order valence-electron chi connectivity index (χ1n) is 10.8. The molecule has 1 amide bonds. The third kappa shape index (κ3) is 2.79. The Hall–Kier alpha value is -2.66. The first-order valence-corrected chi connectivity index (χ1v) is 11.2. The Morgan fingerprint density at radius 3 is 2.42 bits per heavy atom. The molecule has 5 rings (SSSR count). The van der Waals surface area contributed by atoms with E-state index in [4.69, 9.17) is 16.3 Å². The van der Waals surface area contributed by atoms with Gasteiger partial charge in [-0.1, -0.05) is 49.1 Å². The van der Waals surface area contributed by atoms with Crippen molar-refractivity contribution in [3.05, 3.63) is 64.7 Å². The lowest BCUT2D eigenvalue weighted by Gasteiger charge is -2.28. The molecule has 3 aliphatic rings. The molecule has 6 heteroatoms. The minimum Gasteiger partial charge on any atom is -0.425 e. The number of amides is 1. The van der Waals surface area contributed by atoms with Gasteiger partial charge in [0.1, 0.15) is 5.75 Å². The van der Waals surface area contributed by atoms with Gasteiger partial charge in [-0.2, -0.15) is 0 Å². The van der Waals surface area contributed by atoms with Crippen LogP contribution in [-0.4, -0.2) is 23.7 Å². The first-order chi connectivity index (χ1) is 14.9. The maximum Gasteiger partial charge on any atom is 0.328 e. The summed E-state index contributed by atoms with van der Waals surface area (Å²) in [6.45, 7) is 1.72. The molecule has 160 valence electrons. The van der Waals surface area contributed by atoms with Crippen LogP contribution in [0.1, 0.15) is 60.9 Å². The molecule has 0 spiro atoms. The van der Waals surface area contributed by atoms with E-state index in [0.29, 0.717) is 16.3 Å². The van der Waals surface area contributed by atoms with E-state index >= 15 is 0 Å². The zero-order chi connectivity index (χ0) is 21.8. The summed E-state index contributed by atoms with van der Waals surface area (Å²) in [4.78, 5) is 40.8. The van der Waals surface area contributed by atoms with Gasteiger partial charge in [-0.05, 0) is 50.1 Å². The molecule has 31 heavy (non-hydrogen) atoms. The third-order valence-corrected chi connectivity index (χ3v) is 7.63. The molecule has 0 aromatic heterocycles. The van der Waals surface area contributed by atoms with Gasteiger partial charge in [0.05, 0.1) is 5.41 Å². The molecule has 2 aromatic rings. The van der Waals surface area contributed by atoms with Gasteiger partial charge in [0.15, 0.2) is 11.2 Å². The van der Waals surface area contributed by atoms with Crippen LogP contribution in [0.5, 0.6) is 5.75 Å². The number of esters is 1. The topological polar surface area (TPSA) is 72.5 Å². The monoisotopic (exact) mass is 437 g/mol. The highest BCUT2D eigenvalue weighted by atomic mass is 35.5. The summed E-state index contributed by atoms with van der Waals surface area (Å²) >= 11 is 5.99. The number of ketones is 1. The number of Topliss-reactive ketones (excluding diaryl/α,β-unsaturated/α-hetero) is 1.